The molecule has 1 spiro atoms. The molecule has 1 aromatic heterocycles. The van der Waals surface area contributed by atoms with E-state index in [2.05, 4.69) is 35.5 Å². The lowest BCUT2D eigenvalue weighted by Gasteiger charge is -2.43. The number of aryl methyl sites for hydroxylation is 1. The van der Waals surface area contributed by atoms with Crippen molar-refractivity contribution < 1.29 is 18.5 Å². The Labute approximate surface area is 195 Å². The third-order valence-corrected chi connectivity index (χ3v) is 8.41. The van der Waals surface area contributed by atoms with E-state index in [-0.39, 0.29) is 34.6 Å². The number of piperidine rings is 1. The second-order valence-electron chi connectivity index (χ2n) is 9.33. The summed E-state index contributed by atoms with van der Waals surface area (Å²) in [5, 5.41) is 0. The maximum atomic E-state index is 12.8. The van der Waals surface area contributed by atoms with Crippen molar-refractivity contribution >= 4 is 38.7 Å². The van der Waals surface area contributed by atoms with Crippen LogP contribution in [0.25, 0.3) is 0 Å². The third kappa shape index (κ3) is 5.12. The van der Waals surface area contributed by atoms with Gasteiger partial charge >= 0.3 is 5.97 Å². The summed E-state index contributed by atoms with van der Waals surface area (Å²) in [6.07, 6.45) is 1.67. The predicted molar refractivity (Wildman–Crippen MR) is 125 cm³/mol. The van der Waals surface area contributed by atoms with Crippen LogP contribution in [-0.4, -0.2) is 63.3 Å². The zero-order chi connectivity index (χ0) is 23.0. The molecule has 3 rings (SSSR count). The second-order valence-corrected chi connectivity index (χ2v) is 12.1. The zero-order valence-electron chi connectivity index (χ0n) is 19.2. The van der Waals surface area contributed by atoms with E-state index in [1.54, 1.807) is 6.92 Å². The summed E-state index contributed by atoms with van der Waals surface area (Å²) in [6.45, 7) is 13.9. The van der Waals surface area contributed by atoms with Crippen molar-refractivity contribution in [1.82, 2.24) is 14.7 Å². The molecule has 2 aliphatic rings. The van der Waals surface area contributed by atoms with Crippen LogP contribution < -0.4 is 9.62 Å². The van der Waals surface area contributed by atoms with Crippen LogP contribution in [0, 0.1) is 12.3 Å². The van der Waals surface area contributed by atoms with Gasteiger partial charge in [0.25, 0.3) is 0 Å². The van der Waals surface area contributed by atoms with E-state index in [9.17, 15) is 9.00 Å². The lowest BCUT2D eigenvalue weighted by molar-refractivity contribution is 0.0519. The largest absolute Gasteiger partial charge is 0.461 e. The lowest BCUT2D eigenvalue weighted by atomic mass is 9.73. The first-order valence-corrected chi connectivity index (χ1v) is 12.7. The molecule has 3 atom stereocenters. The van der Waals surface area contributed by atoms with E-state index in [4.69, 9.17) is 9.47 Å². The second kappa shape index (κ2) is 9.41. The number of hydrogen-bond donors (Lipinski definition) is 1. The summed E-state index contributed by atoms with van der Waals surface area (Å²) >= 11 is 3.37. The summed E-state index contributed by atoms with van der Waals surface area (Å²) in [5.74, 6) is 0.0904. The van der Waals surface area contributed by atoms with Crippen LogP contribution in [0.1, 0.15) is 63.6 Å². The Morgan fingerprint density at radius 3 is 2.58 bits per heavy atom. The summed E-state index contributed by atoms with van der Waals surface area (Å²) in [5.41, 5.74) is 0.856. The monoisotopic (exact) mass is 516 g/mol. The van der Waals surface area contributed by atoms with Gasteiger partial charge < -0.3 is 14.4 Å². The molecule has 0 amide bonds. The van der Waals surface area contributed by atoms with Crippen molar-refractivity contribution in [2.75, 3.05) is 31.2 Å². The molecule has 0 aliphatic carbocycles. The number of esters is 1. The standard InChI is InChI=1S/C21H33BrN4O4S/c1-7-29-19(27)15-18(23-13(2)17(22)24-15)26-10-8-21(9-11-26)12-30-14(3)16(21)25-31(28)20(4,5)6/h14,16,25H,7-12H2,1-6H3/t14-,16-,31-/m0/s1. The molecule has 2 fully saturated rings. The normalized spacial score (nSPS) is 24.4. The Kier molecular flexibility index (Phi) is 7.45. The van der Waals surface area contributed by atoms with Crippen LogP contribution in [-0.2, 0) is 20.5 Å². The summed E-state index contributed by atoms with van der Waals surface area (Å²) in [6, 6.07) is 0.0111. The number of ether oxygens (including phenoxy) is 2. The predicted octanol–water partition coefficient (Wildman–Crippen LogP) is 3.15. The zero-order valence-corrected chi connectivity index (χ0v) is 21.6. The van der Waals surface area contributed by atoms with E-state index in [0.717, 1.165) is 18.5 Å². The molecule has 2 saturated heterocycles. The number of carbonyl (C=O) groups is 1. The number of halogens is 1. The van der Waals surface area contributed by atoms with Gasteiger partial charge in [-0.25, -0.2) is 23.7 Å². The van der Waals surface area contributed by atoms with Gasteiger partial charge in [-0.15, -0.1) is 0 Å². The molecule has 0 radical (unpaired) electrons. The molecule has 0 saturated carbocycles. The van der Waals surface area contributed by atoms with Crippen LogP contribution in [0.4, 0.5) is 5.82 Å². The molecule has 174 valence electrons. The number of nitrogens with zero attached hydrogens (tertiary/aromatic N) is 3. The van der Waals surface area contributed by atoms with E-state index in [1.165, 1.54) is 0 Å². The van der Waals surface area contributed by atoms with Crippen LogP contribution in [0.15, 0.2) is 4.60 Å². The molecule has 1 N–H and O–H groups in total. The summed E-state index contributed by atoms with van der Waals surface area (Å²) in [7, 11) is -1.17. The molecule has 0 bridgehead atoms. The molecule has 8 nitrogen and oxygen atoms in total. The minimum atomic E-state index is -1.17. The highest BCUT2D eigenvalue weighted by Gasteiger charge is 2.51. The molecule has 1 aromatic rings. The highest BCUT2D eigenvalue weighted by Crippen LogP contribution is 2.43. The maximum Gasteiger partial charge on any atom is 0.360 e. The van der Waals surface area contributed by atoms with Crippen molar-refractivity contribution in [2.45, 2.75) is 71.3 Å². The number of rotatable bonds is 5. The van der Waals surface area contributed by atoms with E-state index in [0.29, 0.717) is 30.1 Å². The lowest BCUT2D eigenvalue weighted by Crippen LogP contribution is -2.55. The maximum absolute atomic E-state index is 12.8. The van der Waals surface area contributed by atoms with E-state index >= 15 is 0 Å². The number of aromatic nitrogens is 2. The summed E-state index contributed by atoms with van der Waals surface area (Å²) in [4.78, 5) is 23.7. The van der Waals surface area contributed by atoms with Gasteiger partial charge in [-0.3, -0.25) is 0 Å². The highest BCUT2D eigenvalue weighted by molar-refractivity contribution is 9.10. The fourth-order valence-electron chi connectivity index (χ4n) is 4.16. The van der Waals surface area contributed by atoms with Crippen molar-refractivity contribution in [3.05, 3.63) is 16.0 Å². The van der Waals surface area contributed by atoms with E-state index in [1.807, 2.05) is 34.6 Å². The average Bonchev–Trinajstić information content (AvgIpc) is 2.99. The molecule has 2 aliphatic heterocycles. The quantitative estimate of drug-likeness (QED) is 0.600. The number of hydrogen-bond acceptors (Lipinski definition) is 7. The molecule has 31 heavy (non-hydrogen) atoms. The fraction of sp³-hybridized carbons (Fsp3) is 0.762. The number of carbonyl (C=O) groups excluding carboxylic acids is 1. The Balaban J connectivity index is 1.81. The first kappa shape index (κ1) is 24.5. The Bertz CT molecular complexity index is 853. The average molecular weight is 517 g/mol. The molecular formula is C21H33BrN4O4S. The molecule has 10 heteroatoms. The van der Waals surface area contributed by atoms with Gasteiger partial charge in [-0.05, 0) is 70.3 Å². The minimum Gasteiger partial charge on any atom is -0.461 e. The molecule has 3 heterocycles. The Hall–Kier alpha value is -1.10. The molecule has 0 aromatic carbocycles. The Morgan fingerprint density at radius 2 is 2.00 bits per heavy atom. The smallest absolute Gasteiger partial charge is 0.360 e. The fourth-order valence-corrected chi connectivity index (χ4v) is 5.45. The SMILES string of the molecule is CCOC(=O)c1nc(Br)c(C)nc1N1CCC2(CC1)CO[C@@H](C)[C@@H]2N[S@@](=O)C(C)(C)C. The topological polar surface area (TPSA) is 93.7 Å². The van der Waals surface area contributed by atoms with Crippen LogP contribution in [0.3, 0.4) is 0 Å². The Morgan fingerprint density at radius 1 is 1.35 bits per heavy atom. The summed E-state index contributed by atoms with van der Waals surface area (Å²) < 4.78 is 27.6. The molecule has 0 unspecified atom stereocenters. The van der Waals surface area contributed by atoms with Crippen molar-refractivity contribution in [3.8, 4) is 0 Å². The van der Waals surface area contributed by atoms with Crippen LogP contribution in [0.2, 0.25) is 0 Å². The van der Waals surface area contributed by atoms with Gasteiger partial charge in [-0.2, -0.15) is 0 Å². The number of nitrogens with one attached hydrogen (secondary N) is 1. The van der Waals surface area contributed by atoms with Crippen molar-refractivity contribution in [2.24, 2.45) is 5.41 Å². The van der Waals surface area contributed by atoms with Crippen LogP contribution >= 0.6 is 15.9 Å². The van der Waals surface area contributed by atoms with Gasteiger partial charge in [0, 0.05) is 18.5 Å². The first-order valence-electron chi connectivity index (χ1n) is 10.7. The van der Waals surface area contributed by atoms with Crippen molar-refractivity contribution in [1.29, 1.82) is 0 Å². The van der Waals surface area contributed by atoms with Gasteiger partial charge in [0.1, 0.15) is 4.60 Å². The van der Waals surface area contributed by atoms with Gasteiger partial charge in [0.05, 0.1) is 46.8 Å². The first-order chi connectivity index (χ1) is 14.5. The number of anilines is 1. The highest BCUT2D eigenvalue weighted by atomic mass is 79.9. The minimum absolute atomic E-state index is 0.0111. The third-order valence-electron chi connectivity index (χ3n) is 6.07. The van der Waals surface area contributed by atoms with Crippen molar-refractivity contribution in [3.63, 3.8) is 0 Å². The van der Waals surface area contributed by atoms with Gasteiger partial charge in [0.15, 0.2) is 11.5 Å². The molecular weight excluding hydrogens is 484 g/mol. The van der Waals surface area contributed by atoms with Crippen LogP contribution in [0.5, 0.6) is 0 Å². The van der Waals surface area contributed by atoms with E-state index < -0.39 is 17.0 Å². The van der Waals surface area contributed by atoms with Gasteiger partial charge in [0.2, 0.25) is 0 Å². The van der Waals surface area contributed by atoms with Gasteiger partial charge in [-0.1, -0.05) is 0 Å².